The Balaban J connectivity index is 1.15. The number of fused-ring (bicyclic) bond motifs is 14. The number of hydrogen-bond donors (Lipinski definition) is 0. The molecule has 2 aliphatic carbocycles. The van der Waals surface area contributed by atoms with Gasteiger partial charge in [0.15, 0.2) is 0 Å². The summed E-state index contributed by atoms with van der Waals surface area (Å²) in [5.74, 6) is 0. The third kappa shape index (κ3) is 4.87. The molecule has 2 heteroatoms. The summed E-state index contributed by atoms with van der Waals surface area (Å²) in [6.45, 7) is 0. The van der Waals surface area contributed by atoms with Gasteiger partial charge < -0.3 is 9.80 Å². The van der Waals surface area contributed by atoms with Gasteiger partial charge in [-0.05, 0) is 105 Å². The fourth-order valence-corrected chi connectivity index (χ4v) is 10.3. The van der Waals surface area contributed by atoms with Crippen molar-refractivity contribution in [3.8, 4) is 33.4 Å². The molecule has 1 heterocycles. The summed E-state index contributed by atoms with van der Waals surface area (Å²) in [5, 5.41) is 0. The zero-order valence-electron chi connectivity index (χ0n) is 32.3. The highest BCUT2D eigenvalue weighted by Gasteiger charge is 2.49. The average molecular weight is 751 g/mol. The lowest BCUT2D eigenvalue weighted by molar-refractivity contribution is 0.766. The second-order valence-electron chi connectivity index (χ2n) is 15.6. The molecule has 12 rings (SSSR count). The minimum absolute atomic E-state index is 0.518. The van der Waals surface area contributed by atoms with Crippen molar-refractivity contribution >= 4 is 46.3 Å². The van der Waals surface area contributed by atoms with E-state index in [1.54, 1.807) is 0 Å². The third-order valence-electron chi connectivity index (χ3n) is 12.6. The van der Waals surface area contributed by atoms with Crippen LogP contribution in [0.1, 0.15) is 33.4 Å². The van der Waals surface area contributed by atoms with Gasteiger partial charge in [-0.25, -0.2) is 0 Å². The quantitative estimate of drug-likeness (QED) is 0.177. The molecule has 59 heavy (non-hydrogen) atoms. The fourth-order valence-electron chi connectivity index (χ4n) is 10.3. The lowest BCUT2D eigenvalue weighted by atomic mass is 9.66. The topological polar surface area (TPSA) is 6.48 Å². The van der Waals surface area contributed by atoms with Gasteiger partial charge in [-0.2, -0.15) is 0 Å². The van der Waals surface area contributed by atoms with Crippen LogP contribution in [-0.4, -0.2) is 0 Å². The van der Waals surface area contributed by atoms with Crippen molar-refractivity contribution in [3.05, 3.63) is 252 Å². The van der Waals surface area contributed by atoms with Crippen LogP contribution >= 0.6 is 0 Å². The summed E-state index contributed by atoms with van der Waals surface area (Å²) in [7, 11) is 0. The molecule has 2 nitrogen and oxygen atoms in total. The Morgan fingerprint density at radius 1 is 0.339 bits per heavy atom. The zero-order chi connectivity index (χ0) is 38.9. The highest BCUT2D eigenvalue weighted by molar-refractivity contribution is 6.05. The minimum Gasteiger partial charge on any atom is -0.310 e. The van der Waals surface area contributed by atoms with E-state index in [1.807, 2.05) is 0 Å². The molecule has 1 spiro atoms. The molecule has 9 aromatic rings. The van der Waals surface area contributed by atoms with Crippen molar-refractivity contribution in [1.29, 1.82) is 0 Å². The molecule has 0 fully saturated rings. The van der Waals surface area contributed by atoms with Crippen molar-refractivity contribution in [2.24, 2.45) is 0 Å². The van der Waals surface area contributed by atoms with Crippen LogP contribution in [0.3, 0.4) is 0 Å². The molecule has 0 amide bonds. The molecule has 276 valence electrons. The third-order valence-corrected chi connectivity index (χ3v) is 12.6. The maximum Gasteiger partial charge on any atom is 0.0725 e. The van der Waals surface area contributed by atoms with Gasteiger partial charge >= 0.3 is 0 Å². The van der Waals surface area contributed by atoms with Crippen LogP contribution in [0.25, 0.3) is 45.5 Å². The molecule has 0 aromatic heterocycles. The van der Waals surface area contributed by atoms with Gasteiger partial charge in [0, 0.05) is 33.8 Å². The normalized spacial score (nSPS) is 13.5. The van der Waals surface area contributed by atoms with E-state index >= 15 is 0 Å². The molecular weight excluding hydrogens is 713 g/mol. The maximum absolute atomic E-state index is 2.48. The molecule has 0 radical (unpaired) electrons. The highest BCUT2D eigenvalue weighted by Crippen LogP contribution is 2.61. The highest BCUT2D eigenvalue weighted by atomic mass is 15.2. The van der Waals surface area contributed by atoms with E-state index in [0.29, 0.717) is 0 Å². The van der Waals surface area contributed by atoms with E-state index in [2.05, 4.69) is 240 Å². The van der Waals surface area contributed by atoms with Crippen molar-refractivity contribution in [1.82, 2.24) is 0 Å². The van der Waals surface area contributed by atoms with Crippen molar-refractivity contribution in [3.63, 3.8) is 0 Å². The van der Waals surface area contributed by atoms with Gasteiger partial charge in [0.2, 0.25) is 0 Å². The average Bonchev–Trinajstić information content (AvgIpc) is 3.43. The van der Waals surface area contributed by atoms with Crippen LogP contribution in [0.15, 0.2) is 218 Å². The number of hydrogen-bond acceptors (Lipinski definition) is 2. The van der Waals surface area contributed by atoms with Crippen LogP contribution in [-0.2, 0) is 5.41 Å². The lowest BCUT2D eigenvalue weighted by Crippen LogP contribution is -2.30. The first-order valence-electron chi connectivity index (χ1n) is 20.4. The fraction of sp³-hybridized carbons (Fsp3) is 0.0175. The number of rotatable bonds is 4. The van der Waals surface area contributed by atoms with Crippen molar-refractivity contribution < 1.29 is 0 Å². The Hall–Kier alpha value is -7.68. The number of para-hydroxylation sites is 3. The van der Waals surface area contributed by atoms with Crippen LogP contribution in [0.4, 0.5) is 34.1 Å². The minimum atomic E-state index is -0.518. The van der Waals surface area contributed by atoms with Gasteiger partial charge in [0.05, 0.1) is 22.5 Å². The first kappa shape index (κ1) is 33.5. The monoisotopic (exact) mass is 750 g/mol. The van der Waals surface area contributed by atoms with Gasteiger partial charge in [0.1, 0.15) is 0 Å². The summed E-state index contributed by atoms with van der Waals surface area (Å²) in [4.78, 5) is 4.91. The molecule has 1 aliphatic heterocycles. The second-order valence-corrected chi connectivity index (χ2v) is 15.6. The Morgan fingerprint density at radius 2 is 0.864 bits per heavy atom. The van der Waals surface area contributed by atoms with Gasteiger partial charge in [-0.1, -0.05) is 176 Å². The van der Waals surface area contributed by atoms with E-state index in [4.69, 9.17) is 0 Å². The second kappa shape index (κ2) is 13.2. The number of benzene rings is 9. The molecule has 0 N–H and O–H groups in total. The van der Waals surface area contributed by atoms with Crippen LogP contribution in [0, 0.1) is 0 Å². The molecule has 9 aromatic carbocycles. The summed E-state index contributed by atoms with van der Waals surface area (Å²) in [6, 6.07) is 80.4. The van der Waals surface area contributed by atoms with E-state index in [9.17, 15) is 0 Å². The Kier molecular flexibility index (Phi) is 7.48. The van der Waals surface area contributed by atoms with Gasteiger partial charge in [-0.15, -0.1) is 0 Å². The first-order chi connectivity index (χ1) is 29.3. The van der Waals surface area contributed by atoms with Crippen LogP contribution in [0.2, 0.25) is 0 Å². The molecular formula is C57H38N2. The van der Waals surface area contributed by atoms with Crippen LogP contribution in [0.5, 0.6) is 0 Å². The number of anilines is 6. The SMILES string of the molecule is C1=Cc2ccccc2C2(c3ccccc31)c1ccccc1-c1c(N(c3ccccc3)c3ccc4c(c3)-c3ccccc3-c3ccccc3N4c3ccccc3)cccc12. The summed E-state index contributed by atoms with van der Waals surface area (Å²) >= 11 is 0. The smallest absolute Gasteiger partial charge is 0.0725 e. The Bertz CT molecular complexity index is 3070. The van der Waals surface area contributed by atoms with E-state index < -0.39 is 5.41 Å². The standard InChI is InChI=1S/C57H38N2/c1-3-20-41(21-4-1)58(43-36-37-54-48(38-43)45-25-10-9-24-44(45)46-26-12-16-32-53(46)59(54)42-22-5-2-6-23-42)55-33-17-31-52-56(55)47-27-11-15-30-51(47)57(52)49-28-13-7-18-39(49)34-35-40-19-8-14-29-50(40)57/h1-38H. The van der Waals surface area contributed by atoms with Crippen LogP contribution < -0.4 is 9.80 Å². The van der Waals surface area contributed by atoms with E-state index in [0.717, 1.165) is 28.4 Å². The molecule has 0 atom stereocenters. The van der Waals surface area contributed by atoms with Gasteiger partial charge in [0.25, 0.3) is 0 Å². The summed E-state index contributed by atoms with van der Waals surface area (Å²) in [5.41, 5.74) is 21.3. The van der Waals surface area contributed by atoms with Gasteiger partial charge in [-0.3, -0.25) is 0 Å². The zero-order valence-corrected chi connectivity index (χ0v) is 32.3. The predicted octanol–water partition coefficient (Wildman–Crippen LogP) is 15.1. The molecule has 0 bridgehead atoms. The Morgan fingerprint density at radius 3 is 1.58 bits per heavy atom. The summed E-state index contributed by atoms with van der Waals surface area (Å²) in [6.07, 6.45) is 4.60. The largest absolute Gasteiger partial charge is 0.310 e. The lowest BCUT2D eigenvalue weighted by Gasteiger charge is -2.35. The molecule has 0 saturated carbocycles. The van der Waals surface area contributed by atoms with E-state index in [1.165, 1.54) is 72.4 Å². The maximum atomic E-state index is 2.48. The molecule has 0 saturated heterocycles. The molecule has 0 unspecified atom stereocenters. The summed E-state index contributed by atoms with van der Waals surface area (Å²) < 4.78 is 0. The van der Waals surface area contributed by atoms with Crippen molar-refractivity contribution in [2.75, 3.05) is 9.80 Å². The number of nitrogens with zero attached hydrogens (tertiary/aromatic N) is 2. The first-order valence-corrected chi connectivity index (χ1v) is 20.4. The molecule has 3 aliphatic rings. The predicted molar refractivity (Wildman–Crippen MR) is 246 cm³/mol. The Labute approximate surface area is 345 Å². The van der Waals surface area contributed by atoms with E-state index in [-0.39, 0.29) is 0 Å². The van der Waals surface area contributed by atoms with Crippen molar-refractivity contribution in [2.45, 2.75) is 5.41 Å².